The molecule has 22 heavy (non-hydrogen) atoms. The first kappa shape index (κ1) is 15.7. The Morgan fingerprint density at radius 2 is 1.91 bits per heavy atom. The highest BCUT2D eigenvalue weighted by Gasteiger charge is 2.06. The van der Waals surface area contributed by atoms with Gasteiger partial charge in [0.2, 0.25) is 0 Å². The summed E-state index contributed by atoms with van der Waals surface area (Å²) in [5, 5.41) is 6.80. The van der Waals surface area contributed by atoms with Gasteiger partial charge in [-0.15, -0.1) is 0 Å². The SMILES string of the molecule is O=C(CNC(=O)c1ccncc1)NN=Cc1ccccc1Cl. The number of carbonyl (C=O) groups is 2. The molecule has 0 aliphatic carbocycles. The van der Waals surface area contributed by atoms with Crippen LogP contribution in [0.1, 0.15) is 15.9 Å². The molecular weight excluding hydrogens is 304 g/mol. The van der Waals surface area contributed by atoms with E-state index in [9.17, 15) is 9.59 Å². The maximum Gasteiger partial charge on any atom is 0.259 e. The van der Waals surface area contributed by atoms with E-state index in [0.717, 1.165) is 0 Å². The van der Waals surface area contributed by atoms with Crippen LogP contribution in [-0.4, -0.2) is 29.6 Å². The van der Waals surface area contributed by atoms with Gasteiger partial charge in [0.25, 0.3) is 11.8 Å². The average molecular weight is 317 g/mol. The molecule has 112 valence electrons. The number of nitrogens with one attached hydrogen (secondary N) is 2. The summed E-state index contributed by atoms with van der Waals surface area (Å²) in [4.78, 5) is 27.1. The van der Waals surface area contributed by atoms with Crippen molar-refractivity contribution in [2.45, 2.75) is 0 Å². The Morgan fingerprint density at radius 1 is 1.18 bits per heavy atom. The number of hydrazone groups is 1. The fourth-order valence-electron chi connectivity index (χ4n) is 1.56. The van der Waals surface area contributed by atoms with E-state index in [1.54, 1.807) is 30.3 Å². The van der Waals surface area contributed by atoms with Crippen LogP contribution in [0.2, 0.25) is 5.02 Å². The van der Waals surface area contributed by atoms with Crippen molar-refractivity contribution in [3.63, 3.8) is 0 Å². The molecule has 2 amide bonds. The number of carbonyl (C=O) groups excluding carboxylic acids is 2. The fraction of sp³-hybridized carbons (Fsp3) is 0.0667. The van der Waals surface area contributed by atoms with Gasteiger partial charge in [-0.2, -0.15) is 5.10 Å². The average Bonchev–Trinajstić information content (AvgIpc) is 2.55. The van der Waals surface area contributed by atoms with Gasteiger partial charge in [0.05, 0.1) is 12.8 Å². The van der Waals surface area contributed by atoms with Crippen LogP contribution >= 0.6 is 11.6 Å². The van der Waals surface area contributed by atoms with Gasteiger partial charge in [-0.1, -0.05) is 29.8 Å². The topological polar surface area (TPSA) is 83.5 Å². The van der Waals surface area contributed by atoms with Crippen LogP contribution in [0.15, 0.2) is 53.9 Å². The second-order valence-corrected chi connectivity index (χ2v) is 4.64. The molecule has 0 aliphatic rings. The molecule has 2 rings (SSSR count). The first-order valence-corrected chi connectivity index (χ1v) is 6.79. The van der Waals surface area contributed by atoms with Crippen LogP contribution in [-0.2, 0) is 4.79 Å². The lowest BCUT2D eigenvalue weighted by molar-refractivity contribution is -0.120. The number of aromatic nitrogens is 1. The highest BCUT2D eigenvalue weighted by Crippen LogP contribution is 2.11. The van der Waals surface area contributed by atoms with Gasteiger partial charge < -0.3 is 5.32 Å². The van der Waals surface area contributed by atoms with Crippen molar-refractivity contribution in [1.29, 1.82) is 0 Å². The van der Waals surface area contributed by atoms with E-state index in [1.165, 1.54) is 18.6 Å². The molecule has 0 aliphatic heterocycles. The summed E-state index contributed by atoms with van der Waals surface area (Å²) in [7, 11) is 0. The maximum atomic E-state index is 11.7. The van der Waals surface area contributed by atoms with Crippen LogP contribution in [0, 0.1) is 0 Å². The molecule has 1 heterocycles. The number of pyridine rings is 1. The monoisotopic (exact) mass is 316 g/mol. The Bertz CT molecular complexity index is 689. The summed E-state index contributed by atoms with van der Waals surface area (Å²) < 4.78 is 0. The molecule has 0 saturated heterocycles. The number of hydrogen-bond donors (Lipinski definition) is 2. The summed E-state index contributed by atoms with van der Waals surface area (Å²) in [5.74, 6) is -0.793. The lowest BCUT2D eigenvalue weighted by atomic mass is 10.2. The summed E-state index contributed by atoms with van der Waals surface area (Å²) >= 11 is 5.94. The van der Waals surface area contributed by atoms with Crippen molar-refractivity contribution in [2.75, 3.05) is 6.54 Å². The molecule has 0 unspecified atom stereocenters. The highest BCUT2D eigenvalue weighted by molar-refractivity contribution is 6.33. The molecular formula is C15H13ClN4O2. The van der Waals surface area contributed by atoms with Crippen molar-refractivity contribution < 1.29 is 9.59 Å². The zero-order valence-electron chi connectivity index (χ0n) is 11.5. The van der Waals surface area contributed by atoms with Crippen LogP contribution in [0.25, 0.3) is 0 Å². The number of halogens is 1. The third-order valence-electron chi connectivity index (χ3n) is 2.65. The van der Waals surface area contributed by atoms with Crippen LogP contribution < -0.4 is 10.7 Å². The molecule has 0 atom stereocenters. The highest BCUT2D eigenvalue weighted by atomic mass is 35.5. The number of benzene rings is 1. The van der Waals surface area contributed by atoms with Crippen molar-refractivity contribution in [1.82, 2.24) is 15.7 Å². The minimum absolute atomic E-state index is 0.180. The quantitative estimate of drug-likeness (QED) is 0.649. The van der Waals surface area contributed by atoms with Gasteiger partial charge in [-0.25, -0.2) is 5.43 Å². The molecule has 0 radical (unpaired) electrons. The van der Waals surface area contributed by atoms with Crippen LogP contribution in [0.4, 0.5) is 0 Å². The Morgan fingerprint density at radius 3 is 2.64 bits per heavy atom. The minimum Gasteiger partial charge on any atom is -0.343 e. The van der Waals surface area contributed by atoms with Gasteiger partial charge in [0.1, 0.15) is 0 Å². The minimum atomic E-state index is -0.439. The number of nitrogens with zero attached hydrogens (tertiary/aromatic N) is 2. The maximum absolute atomic E-state index is 11.7. The smallest absolute Gasteiger partial charge is 0.259 e. The third kappa shape index (κ3) is 4.68. The van der Waals surface area contributed by atoms with E-state index < -0.39 is 5.91 Å². The van der Waals surface area contributed by atoms with Crippen molar-refractivity contribution in [3.8, 4) is 0 Å². The molecule has 6 nitrogen and oxygen atoms in total. The largest absolute Gasteiger partial charge is 0.343 e. The van der Waals surface area contributed by atoms with Gasteiger partial charge in [-0.05, 0) is 18.2 Å². The summed E-state index contributed by atoms with van der Waals surface area (Å²) in [6, 6.07) is 10.2. The summed E-state index contributed by atoms with van der Waals surface area (Å²) in [6.45, 7) is -0.180. The van der Waals surface area contributed by atoms with Crippen molar-refractivity contribution in [3.05, 3.63) is 64.9 Å². The fourth-order valence-corrected chi connectivity index (χ4v) is 1.74. The molecule has 0 bridgehead atoms. The number of hydrogen-bond acceptors (Lipinski definition) is 4. The lowest BCUT2D eigenvalue weighted by Gasteiger charge is -2.03. The Hall–Kier alpha value is -2.73. The second-order valence-electron chi connectivity index (χ2n) is 4.23. The van der Waals surface area contributed by atoms with Gasteiger partial charge >= 0.3 is 0 Å². The van der Waals surface area contributed by atoms with E-state index in [4.69, 9.17) is 11.6 Å². The van der Waals surface area contributed by atoms with Crippen molar-refractivity contribution in [2.24, 2.45) is 5.10 Å². The summed E-state index contributed by atoms with van der Waals surface area (Å²) in [5.41, 5.74) is 3.43. The lowest BCUT2D eigenvalue weighted by Crippen LogP contribution is -2.34. The molecule has 0 spiro atoms. The molecule has 7 heteroatoms. The standard InChI is InChI=1S/C15H13ClN4O2/c16-13-4-2-1-3-12(13)9-19-20-14(21)10-18-15(22)11-5-7-17-8-6-11/h1-9H,10H2,(H,18,22)(H,20,21). The zero-order valence-corrected chi connectivity index (χ0v) is 12.2. The van der Waals surface area contributed by atoms with E-state index in [-0.39, 0.29) is 12.5 Å². The molecule has 2 N–H and O–H groups in total. The predicted molar refractivity (Wildman–Crippen MR) is 83.8 cm³/mol. The number of rotatable bonds is 5. The third-order valence-corrected chi connectivity index (χ3v) is 2.99. The molecule has 0 fully saturated rings. The second kappa shape index (κ2) is 7.90. The van der Waals surface area contributed by atoms with Crippen LogP contribution in [0.3, 0.4) is 0 Å². The Labute approximate surface area is 132 Å². The van der Waals surface area contributed by atoms with Gasteiger partial charge in [-0.3, -0.25) is 14.6 Å². The molecule has 1 aromatic heterocycles. The normalized spacial score (nSPS) is 10.4. The van der Waals surface area contributed by atoms with E-state index in [1.807, 2.05) is 6.07 Å². The van der Waals surface area contributed by atoms with Crippen molar-refractivity contribution >= 4 is 29.6 Å². The molecule has 2 aromatic rings. The summed E-state index contributed by atoms with van der Waals surface area (Å²) in [6.07, 6.45) is 4.44. The molecule has 0 saturated carbocycles. The van der Waals surface area contributed by atoms with Crippen LogP contribution in [0.5, 0.6) is 0 Å². The first-order valence-electron chi connectivity index (χ1n) is 6.41. The van der Waals surface area contributed by atoms with E-state index in [0.29, 0.717) is 16.1 Å². The molecule has 1 aromatic carbocycles. The van der Waals surface area contributed by atoms with Gasteiger partial charge in [0.15, 0.2) is 0 Å². The Balaban J connectivity index is 1.79. The van der Waals surface area contributed by atoms with Gasteiger partial charge in [0, 0.05) is 28.5 Å². The predicted octanol–water partition coefficient (Wildman–Crippen LogP) is 1.62. The van der Waals surface area contributed by atoms with E-state index >= 15 is 0 Å². The van der Waals surface area contributed by atoms with E-state index in [2.05, 4.69) is 20.8 Å². The first-order chi connectivity index (χ1) is 10.7. The number of amides is 2. The Kier molecular flexibility index (Phi) is 5.62. The zero-order chi connectivity index (χ0) is 15.8.